The van der Waals surface area contributed by atoms with Crippen LogP contribution in [0.25, 0.3) is 0 Å². The molecule has 0 heterocycles. The number of benzene rings is 1. The predicted molar refractivity (Wildman–Crippen MR) is 71.3 cm³/mol. The number of ether oxygens (including phenoxy) is 1. The van der Waals surface area contributed by atoms with Crippen LogP contribution in [0.15, 0.2) is 30.3 Å². The molecular formula is C15H21NO2. The molecule has 3 nitrogen and oxygen atoms in total. The van der Waals surface area contributed by atoms with Crippen LogP contribution in [0.2, 0.25) is 0 Å². The molecule has 1 fully saturated rings. The maximum absolute atomic E-state index is 11.8. The van der Waals surface area contributed by atoms with Crippen LogP contribution in [-0.4, -0.2) is 24.7 Å². The number of rotatable bonds is 7. The first-order valence-electron chi connectivity index (χ1n) is 6.76. The van der Waals surface area contributed by atoms with Gasteiger partial charge in [0, 0.05) is 6.04 Å². The molecule has 0 aromatic heterocycles. The second-order valence-electron chi connectivity index (χ2n) is 4.77. The third-order valence-electron chi connectivity index (χ3n) is 3.15. The number of esters is 1. The first kappa shape index (κ1) is 13.1. The number of carbonyl (C=O) groups excluding carboxylic acids is 1. The second kappa shape index (κ2) is 6.55. The van der Waals surface area contributed by atoms with Crippen LogP contribution < -0.4 is 5.32 Å². The molecule has 0 aliphatic heterocycles. The first-order valence-corrected chi connectivity index (χ1v) is 6.76. The first-order chi connectivity index (χ1) is 8.79. The van der Waals surface area contributed by atoms with Crippen molar-refractivity contribution in [3.05, 3.63) is 35.9 Å². The number of hydrogen-bond acceptors (Lipinski definition) is 3. The van der Waals surface area contributed by atoms with Gasteiger partial charge in [-0.2, -0.15) is 0 Å². The Morgan fingerprint density at radius 2 is 2.11 bits per heavy atom. The summed E-state index contributed by atoms with van der Waals surface area (Å²) >= 11 is 0. The Balaban J connectivity index is 1.85. The van der Waals surface area contributed by atoms with E-state index in [2.05, 4.69) is 17.4 Å². The van der Waals surface area contributed by atoms with E-state index in [0.717, 1.165) is 12.8 Å². The third kappa shape index (κ3) is 4.15. The Hall–Kier alpha value is -1.35. The highest BCUT2D eigenvalue weighted by molar-refractivity contribution is 5.75. The molecule has 1 aliphatic carbocycles. The number of hydrogen-bond donors (Lipinski definition) is 1. The molecule has 0 spiro atoms. The molecule has 1 aromatic rings. The quantitative estimate of drug-likeness (QED) is 0.751. The van der Waals surface area contributed by atoms with E-state index in [0.29, 0.717) is 12.6 Å². The van der Waals surface area contributed by atoms with Gasteiger partial charge in [-0.15, -0.1) is 0 Å². The van der Waals surface area contributed by atoms with Gasteiger partial charge in [0.25, 0.3) is 0 Å². The molecule has 1 atom stereocenters. The summed E-state index contributed by atoms with van der Waals surface area (Å²) in [6.45, 7) is 2.30. The minimum absolute atomic E-state index is 0.111. The van der Waals surface area contributed by atoms with E-state index in [9.17, 15) is 4.79 Å². The molecule has 3 heteroatoms. The fourth-order valence-electron chi connectivity index (χ4n) is 2.00. The Morgan fingerprint density at radius 3 is 2.72 bits per heavy atom. The van der Waals surface area contributed by atoms with Crippen LogP contribution in [0, 0.1) is 0 Å². The molecule has 0 amide bonds. The lowest BCUT2D eigenvalue weighted by Crippen LogP contribution is -2.39. The van der Waals surface area contributed by atoms with Crippen molar-refractivity contribution in [1.29, 1.82) is 0 Å². The van der Waals surface area contributed by atoms with Gasteiger partial charge in [-0.05, 0) is 38.2 Å². The third-order valence-corrected chi connectivity index (χ3v) is 3.15. The van der Waals surface area contributed by atoms with E-state index in [4.69, 9.17) is 4.74 Å². The highest BCUT2D eigenvalue weighted by Crippen LogP contribution is 2.20. The maximum atomic E-state index is 11.8. The Morgan fingerprint density at radius 1 is 1.39 bits per heavy atom. The number of nitrogens with one attached hydrogen (secondary N) is 1. The SMILES string of the molecule is CCOC(=O)C(CCc1ccccc1)NC1CC1. The van der Waals surface area contributed by atoms with Gasteiger partial charge < -0.3 is 10.1 Å². The molecule has 1 saturated carbocycles. The summed E-state index contributed by atoms with van der Waals surface area (Å²) in [6.07, 6.45) is 4.08. The van der Waals surface area contributed by atoms with E-state index in [1.807, 2.05) is 25.1 Å². The standard InChI is InChI=1S/C15H21NO2/c1-2-18-15(17)14(16-13-9-10-13)11-8-12-6-4-3-5-7-12/h3-7,13-14,16H,2,8-11H2,1H3. The van der Waals surface area contributed by atoms with Crippen molar-refractivity contribution in [3.8, 4) is 0 Å². The smallest absolute Gasteiger partial charge is 0.323 e. The number of carbonyl (C=O) groups is 1. The van der Waals surface area contributed by atoms with Gasteiger partial charge in [-0.1, -0.05) is 30.3 Å². The van der Waals surface area contributed by atoms with Crippen LogP contribution in [0.3, 0.4) is 0 Å². The van der Waals surface area contributed by atoms with Crippen LogP contribution in [0.4, 0.5) is 0 Å². The summed E-state index contributed by atoms with van der Waals surface area (Å²) in [6, 6.07) is 10.6. The Kier molecular flexibility index (Phi) is 4.76. The van der Waals surface area contributed by atoms with E-state index < -0.39 is 0 Å². The maximum Gasteiger partial charge on any atom is 0.323 e. The molecule has 98 valence electrons. The van der Waals surface area contributed by atoms with Gasteiger partial charge in [0.15, 0.2) is 0 Å². The largest absolute Gasteiger partial charge is 0.465 e. The van der Waals surface area contributed by atoms with E-state index >= 15 is 0 Å². The minimum atomic E-state index is -0.155. The van der Waals surface area contributed by atoms with Gasteiger partial charge in [0.05, 0.1) is 6.61 Å². The van der Waals surface area contributed by atoms with Crippen LogP contribution in [0.1, 0.15) is 31.7 Å². The van der Waals surface area contributed by atoms with E-state index in [-0.39, 0.29) is 12.0 Å². The number of aryl methyl sites for hydroxylation is 1. The van der Waals surface area contributed by atoms with Crippen molar-refractivity contribution in [1.82, 2.24) is 5.32 Å². The highest BCUT2D eigenvalue weighted by atomic mass is 16.5. The zero-order chi connectivity index (χ0) is 12.8. The lowest BCUT2D eigenvalue weighted by Gasteiger charge is -2.16. The molecule has 0 bridgehead atoms. The minimum Gasteiger partial charge on any atom is -0.465 e. The van der Waals surface area contributed by atoms with Gasteiger partial charge >= 0.3 is 5.97 Å². The predicted octanol–water partition coefficient (Wildman–Crippen LogP) is 2.30. The molecule has 0 radical (unpaired) electrons. The molecule has 2 rings (SSSR count). The van der Waals surface area contributed by atoms with Crippen molar-refractivity contribution in [2.75, 3.05) is 6.61 Å². The van der Waals surface area contributed by atoms with Gasteiger partial charge in [-0.3, -0.25) is 4.79 Å². The van der Waals surface area contributed by atoms with Gasteiger partial charge in [-0.25, -0.2) is 0 Å². The zero-order valence-corrected chi connectivity index (χ0v) is 10.9. The summed E-state index contributed by atoms with van der Waals surface area (Å²) in [4.78, 5) is 11.8. The molecule has 1 unspecified atom stereocenters. The topological polar surface area (TPSA) is 38.3 Å². The summed E-state index contributed by atoms with van der Waals surface area (Å²) in [5, 5.41) is 3.37. The normalized spacial score (nSPS) is 16.3. The summed E-state index contributed by atoms with van der Waals surface area (Å²) in [7, 11) is 0. The summed E-state index contributed by atoms with van der Waals surface area (Å²) < 4.78 is 5.12. The molecule has 1 N–H and O–H groups in total. The lowest BCUT2D eigenvalue weighted by molar-refractivity contribution is -0.145. The fraction of sp³-hybridized carbons (Fsp3) is 0.533. The van der Waals surface area contributed by atoms with E-state index in [1.165, 1.54) is 18.4 Å². The molecule has 1 aliphatic rings. The average molecular weight is 247 g/mol. The van der Waals surface area contributed by atoms with Gasteiger partial charge in [0.1, 0.15) is 6.04 Å². The monoisotopic (exact) mass is 247 g/mol. The van der Waals surface area contributed by atoms with Crippen molar-refractivity contribution in [2.45, 2.75) is 44.7 Å². The highest BCUT2D eigenvalue weighted by Gasteiger charge is 2.28. The fourth-order valence-corrected chi connectivity index (χ4v) is 2.00. The second-order valence-corrected chi connectivity index (χ2v) is 4.77. The van der Waals surface area contributed by atoms with Crippen molar-refractivity contribution in [3.63, 3.8) is 0 Å². The van der Waals surface area contributed by atoms with Crippen molar-refractivity contribution in [2.24, 2.45) is 0 Å². The zero-order valence-electron chi connectivity index (χ0n) is 10.9. The molecule has 18 heavy (non-hydrogen) atoms. The summed E-state index contributed by atoms with van der Waals surface area (Å²) in [5.74, 6) is -0.111. The van der Waals surface area contributed by atoms with Crippen LogP contribution >= 0.6 is 0 Å². The summed E-state index contributed by atoms with van der Waals surface area (Å²) in [5.41, 5.74) is 1.27. The lowest BCUT2D eigenvalue weighted by atomic mass is 10.1. The Bertz CT molecular complexity index is 373. The van der Waals surface area contributed by atoms with Gasteiger partial charge in [0.2, 0.25) is 0 Å². The van der Waals surface area contributed by atoms with Crippen molar-refractivity contribution >= 4 is 5.97 Å². The average Bonchev–Trinajstić information content (AvgIpc) is 3.20. The Labute approximate surface area is 109 Å². The molecule has 1 aromatic carbocycles. The van der Waals surface area contributed by atoms with E-state index in [1.54, 1.807) is 0 Å². The molecular weight excluding hydrogens is 226 g/mol. The molecule has 0 saturated heterocycles. The van der Waals surface area contributed by atoms with Crippen LogP contribution in [-0.2, 0) is 16.0 Å². The van der Waals surface area contributed by atoms with Crippen molar-refractivity contribution < 1.29 is 9.53 Å². The van der Waals surface area contributed by atoms with Crippen LogP contribution in [0.5, 0.6) is 0 Å².